The largest absolute Gasteiger partial charge is 0.468 e. The van der Waals surface area contributed by atoms with Crippen LogP contribution < -0.4 is 5.32 Å². The zero-order valence-corrected chi connectivity index (χ0v) is 13.1. The first-order valence-electron chi connectivity index (χ1n) is 7.25. The normalized spacial score (nSPS) is 31.7. The summed E-state index contributed by atoms with van der Waals surface area (Å²) in [6.45, 7) is 1.88. The maximum absolute atomic E-state index is 11.3. The van der Waals surface area contributed by atoms with E-state index in [2.05, 4.69) is 10.1 Å². The summed E-state index contributed by atoms with van der Waals surface area (Å²) < 4.78 is 16.0. The Balaban J connectivity index is 2.12. The van der Waals surface area contributed by atoms with E-state index in [-0.39, 0.29) is 18.6 Å². The van der Waals surface area contributed by atoms with Gasteiger partial charge in [0.25, 0.3) is 0 Å². The summed E-state index contributed by atoms with van der Waals surface area (Å²) in [5, 5.41) is 13.6. The zero-order valence-electron chi connectivity index (χ0n) is 13.1. The van der Waals surface area contributed by atoms with Crippen molar-refractivity contribution >= 4 is 5.97 Å². The molecule has 0 saturated carbocycles. The summed E-state index contributed by atoms with van der Waals surface area (Å²) in [7, 11) is 2.87. The molecule has 1 fully saturated rings. The molecule has 0 unspecified atom stereocenters. The van der Waals surface area contributed by atoms with Gasteiger partial charge in [0.1, 0.15) is 5.60 Å². The molecule has 0 radical (unpaired) electrons. The molecule has 2 rings (SSSR count). The molecule has 22 heavy (non-hydrogen) atoms. The molecular formula is C16H23NO5. The summed E-state index contributed by atoms with van der Waals surface area (Å²) in [6, 6.07) is 9.25. The first kappa shape index (κ1) is 16.9. The van der Waals surface area contributed by atoms with Gasteiger partial charge in [-0.2, -0.15) is 0 Å². The molecule has 1 aliphatic rings. The van der Waals surface area contributed by atoms with Crippen LogP contribution in [0.1, 0.15) is 18.9 Å². The van der Waals surface area contributed by atoms with Gasteiger partial charge in [-0.3, -0.25) is 10.1 Å². The average molecular weight is 309 g/mol. The predicted molar refractivity (Wildman–Crippen MR) is 80.1 cm³/mol. The summed E-state index contributed by atoms with van der Waals surface area (Å²) in [5.74, 6) is -0.374. The first-order valence-corrected chi connectivity index (χ1v) is 7.25. The lowest BCUT2D eigenvalue weighted by Crippen LogP contribution is -2.58. The molecule has 0 aromatic heterocycles. The number of ether oxygens (including phenoxy) is 3. The second-order valence-corrected chi connectivity index (χ2v) is 5.51. The van der Waals surface area contributed by atoms with Crippen molar-refractivity contribution in [3.8, 4) is 0 Å². The van der Waals surface area contributed by atoms with Crippen LogP contribution in [0.5, 0.6) is 0 Å². The number of carbonyl (C=O) groups is 1. The van der Waals surface area contributed by atoms with Crippen molar-refractivity contribution in [3.05, 3.63) is 35.9 Å². The van der Waals surface area contributed by atoms with Crippen LogP contribution in [0.25, 0.3) is 0 Å². The third kappa shape index (κ3) is 3.47. The second-order valence-electron chi connectivity index (χ2n) is 5.51. The van der Waals surface area contributed by atoms with Crippen LogP contribution in [0.15, 0.2) is 30.3 Å². The number of benzene rings is 1. The number of aliphatic hydroxyl groups excluding tert-OH is 1. The van der Waals surface area contributed by atoms with Gasteiger partial charge in [-0.1, -0.05) is 30.3 Å². The van der Waals surface area contributed by atoms with Gasteiger partial charge in [0.15, 0.2) is 6.29 Å². The Morgan fingerprint density at radius 3 is 2.68 bits per heavy atom. The van der Waals surface area contributed by atoms with Crippen LogP contribution in [0.2, 0.25) is 0 Å². The highest BCUT2D eigenvalue weighted by Crippen LogP contribution is 2.37. The van der Waals surface area contributed by atoms with Gasteiger partial charge in [-0.15, -0.1) is 0 Å². The molecule has 4 atom stereocenters. The van der Waals surface area contributed by atoms with Crippen molar-refractivity contribution in [2.24, 2.45) is 0 Å². The molecule has 0 bridgehead atoms. The van der Waals surface area contributed by atoms with Crippen LogP contribution in [-0.4, -0.2) is 50.3 Å². The Morgan fingerprint density at radius 1 is 1.41 bits per heavy atom. The third-order valence-electron chi connectivity index (χ3n) is 4.12. The fourth-order valence-electron chi connectivity index (χ4n) is 2.69. The quantitative estimate of drug-likeness (QED) is 0.783. The summed E-state index contributed by atoms with van der Waals surface area (Å²) in [6.07, 6.45) is -0.893. The van der Waals surface area contributed by atoms with Crippen molar-refractivity contribution in [3.63, 3.8) is 0 Å². The SMILES string of the molecule is COC(=O)CN[C@H]1C[C@@H](O)[C@](C)(c2ccccc2)O[C@@H]1OC. The molecule has 0 amide bonds. The number of esters is 1. The van der Waals surface area contributed by atoms with Crippen LogP contribution in [0, 0.1) is 0 Å². The molecule has 6 nitrogen and oxygen atoms in total. The topological polar surface area (TPSA) is 77.0 Å². The Kier molecular flexibility index (Phi) is 5.52. The Hall–Kier alpha value is -1.47. The van der Waals surface area contributed by atoms with Gasteiger partial charge < -0.3 is 19.3 Å². The van der Waals surface area contributed by atoms with Crippen molar-refractivity contribution in [1.82, 2.24) is 5.32 Å². The highest BCUT2D eigenvalue weighted by atomic mass is 16.7. The number of carbonyl (C=O) groups excluding carboxylic acids is 1. The number of rotatable bonds is 5. The molecule has 0 spiro atoms. The summed E-state index contributed by atoms with van der Waals surface area (Å²) >= 11 is 0. The van der Waals surface area contributed by atoms with Crippen LogP contribution in [-0.2, 0) is 24.6 Å². The van der Waals surface area contributed by atoms with Crippen molar-refractivity contribution < 1.29 is 24.1 Å². The maximum Gasteiger partial charge on any atom is 0.319 e. The van der Waals surface area contributed by atoms with Crippen LogP contribution in [0.4, 0.5) is 0 Å². The molecule has 2 N–H and O–H groups in total. The minimum atomic E-state index is -0.856. The molecule has 0 aliphatic carbocycles. The molecule has 1 aliphatic heterocycles. The van der Waals surface area contributed by atoms with E-state index in [1.165, 1.54) is 7.11 Å². The van der Waals surface area contributed by atoms with Crippen molar-refractivity contribution in [2.45, 2.75) is 37.4 Å². The lowest BCUT2D eigenvalue weighted by Gasteiger charge is -2.46. The van der Waals surface area contributed by atoms with Gasteiger partial charge in [0, 0.05) is 7.11 Å². The summed E-state index contributed by atoms with van der Waals surface area (Å²) in [4.78, 5) is 11.3. The van der Waals surface area contributed by atoms with Gasteiger partial charge in [0.05, 0.1) is 25.8 Å². The highest BCUT2D eigenvalue weighted by molar-refractivity contribution is 5.71. The average Bonchev–Trinajstić information content (AvgIpc) is 2.56. The van der Waals surface area contributed by atoms with E-state index in [9.17, 15) is 9.90 Å². The number of hydrogen-bond acceptors (Lipinski definition) is 6. The van der Waals surface area contributed by atoms with Gasteiger partial charge in [-0.05, 0) is 18.9 Å². The number of aliphatic hydroxyl groups is 1. The lowest BCUT2D eigenvalue weighted by molar-refractivity contribution is -0.272. The van der Waals surface area contributed by atoms with Gasteiger partial charge >= 0.3 is 5.97 Å². The number of methoxy groups -OCH3 is 2. The molecule has 1 aromatic carbocycles. The molecule has 1 aromatic rings. The summed E-state index contributed by atoms with van der Waals surface area (Å²) in [5.41, 5.74) is 0.0294. The van der Waals surface area contributed by atoms with E-state index >= 15 is 0 Å². The van der Waals surface area contributed by atoms with E-state index in [0.29, 0.717) is 6.42 Å². The minimum Gasteiger partial charge on any atom is -0.468 e. The molecule has 6 heteroatoms. The van der Waals surface area contributed by atoms with Crippen LogP contribution in [0.3, 0.4) is 0 Å². The molecule has 1 heterocycles. The Bertz CT molecular complexity index is 495. The minimum absolute atomic E-state index is 0.0408. The lowest BCUT2D eigenvalue weighted by atomic mass is 9.83. The predicted octanol–water partition coefficient (Wildman–Crippen LogP) is 0.787. The van der Waals surface area contributed by atoms with Crippen molar-refractivity contribution in [1.29, 1.82) is 0 Å². The van der Waals surface area contributed by atoms with Gasteiger partial charge in [0.2, 0.25) is 0 Å². The first-order chi connectivity index (χ1) is 10.5. The monoisotopic (exact) mass is 309 g/mol. The molecule has 122 valence electrons. The smallest absolute Gasteiger partial charge is 0.319 e. The fourth-order valence-corrected chi connectivity index (χ4v) is 2.69. The van der Waals surface area contributed by atoms with E-state index in [1.54, 1.807) is 7.11 Å². The standard InChI is InChI=1S/C16H23NO5/c1-16(11-7-5-4-6-8-11)13(18)9-12(15(21-3)22-16)17-10-14(19)20-2/h4-8,12-13,15,17-18H,9-10H2,1-3H3/t12-,13+,15-,16-/m0/s1. The molecular weight excluding hydrogens is 286 g/mol. The third-order valence-corrected chi connectivity index (χ3v) is 4.12. The Labute approximate surface area is 130 Å². The Morgan fingerprint density at radius 2 is 2.09 bits per heavy atom. The van der Waals surface area contributed by atoms with Crippen molar-refractivity contribution in [2.75, 3.05) is 20.8 Å². The maximum atomic E-state index is 11.3. The number of nitrogens with one attached hydrogen (secondary N) is 1. The molecule has 1 saturated heterocycles. The van der Waals surface area contributed by atoms with Gasteiger partial charge in [-0.25, -0.2) is 0 Å². The highest BCUT2D eigenvalue weighted by Gasteiger charge is 2.46. The van der Waals surface area contributed by atoms with E-state index in [4.69, 9.17) is 9.47 Å². The van der Waals surface area contributed by atoms with E-state index in [1.807, 2.05) is 37.3 Å². The van der Waals surface area contributed by atoms with Crippen LogP contribution >= 0.6 is 0 Å². The zero-order chi connectivity index (χ0) is 16.2. The number of hydrogen-bond donors (Lipinski definition) is 2. The fraction of sp³-hybridized carbons (Fsp3) is 0.562. The van der Waals surface area contributed by atoms with E-state index < -0.39 is 18.0 Å². The van der Waals surface area contributed by atoms with E-state index in [0.717, 1.165) is 5.56 Å². The second kappa shape index (κ2) is 7.19.